The molecule has 6 N–H and O–H groups in total. The van der Waals surface area contributed by atoms with Gasteiger partial charge in [0, 0.05) is 6.07 Å². The van der Waals surface area contributed by atoms with E-state index in [0.29, 0.717) is 0 Å². The number of hydrogen-bond acceptors (Lipinski definition) is 5. The van der Waals surface area contributed by atoms with Crippen molar-refractivity contribution in [2.45, 2.75) is 13.0 Å². The van der Waals surface area contributed by atoms with Crippen molar-refractivity contribution < 1.29 is 25.2 Å². The average Bonchev–Trinajstić information content (AvgIpc) is 2.13. The summed E-state index contributed by atoms with van der Waals surface area (Å²) >= 11 is 0. The van der Waals surface area contributed by atoms with Crippen molar-refractivity contribution >= 4 is 5.97 Å². The molecular weight excluding hydrogens is 202 g/mol. The van der Waals surface area contributed by atoms with Crippen molar-refractivity contribution in [2.75, 3.05) is 0 Å². The number of hydrogen-bond donors (Lipinski definition) is 5. The molecule has 0 saturated carbocycles. The van der Waals surface area contributed by atoms with Gasteiger partial charge in [0.05, 0.1) is 0 Å². The molecule has 15 heavy (non-hydrogen) atoms. The molecule has 0 heterocycles. The molecule has 1 aromatic carbocycles. The lowest BCUT2D eigenvalue weighted by molar-refractivity contribution is -0.138. The zero-order valence-electron chi connectivity index (χ0n) is 8.08. The van der Waals surface area contributed by atoms with Crippen LogP contribution < -0.4 is 5.73 Å². The maximum atomic E-state index is 9.57. The van der Waals surface area contributed by atoms with Gasteiger partial charge in [0.2, 0.25) is 0 Å². The van der Waals surface area contributed by atoms with Crippen LogP contribution in [0, 0.1) is 0 Å². The molecule has 0 radical (unpaired) electrons. The second kappa shape index (κ2) is 5.71. The van der Waals surface area contributed by atoms with Gasteiger partial charge in [-0.2, -0.15) is 0 Å². The number of benzene rings is 1. The molecule has 0 unspecified atom stereocenters. The van der Waals surface area contributed by atoms with Gasteiger partial charge in [-0.05, 0) is 19.1 Å². The van der Waals surface area contributed by atoms with E-state index < -0.39 is 12.0 Å². The van der Waals surface area contributed by atoms with Crippen molar-refractivity contribution in [3.05, 3.63) is 18.2 Å². The molecule has 84 valence electrons. The standard InChI is InChI=1S/C6H6O3.C3H7NO2/c7-4-1-2-5(8)6(9)3-4;1-2(4)3(5)6/h1-3,7-9H;2H,4H2,1H3,(H,5,6)/t;2-/m.0/s1. The number of phenols is 3. The monoisotopic (exact) mass is 215 g/mol. The summed E-state index contributed by atoms with van der Waals surface area (Å²) in [5.41, 5.74) is 4.84. The van der Waals surface area contributed by atoms with Crippen LogP contribution in [0.4, 0.5) is 0 Å². The molecular formula is C9H13NO5. The summed E-state index contributed by atoms with van der Waals surface area (Å²) in [5.74, 6) is -1.57. The summed E-state index contributed by atoms with van der Waals surface area (Å²) in [6.07, 6.45) is 0. The second-order valence-corrected chi connectivity index (χ2v) is 2.80. The minimum absolute atomic E-state index is 0.0645. The molecule has 6 nitrogen and oxygen atoms in total. The largest absolute Gasteiger partial charge is 0.508 e. The maximum absolute atomic E-state index is 9.57. The Morgan fingerprint density at radius 3 is 2.00 bits per heavy atom. The first-order chi connectivity index (χ1) is 6.84. The zero-order chi connectivity index (χ0) is 12.0. The fourth-order valence-corrected chi connectivity index (χ4v) is 0.512. The Kier molecular flexibility index (Phi) is 4.97. The van der Waals surface area contributed by atoms with E-state index >= 15 is 0 Å². The Morgan fingerprint density at radius 1 is 1.27 bits per heavy atom. The van der Waals surface area contributed by atoms with Gasteiger partial charge in [-0.15, -0.1) is 0 Å². The van der Waals surface area contributed by atoms with Crippen LogP contribution in [0.1, 0.15) is 6.92 Å². The first-order valence-corrected chi connectivity index (χ1v) is 4.04. The molecule has 0 bridgehead atoms. The molecule has 0 aliphatic heterocycles. The van der Waals surface area contributed by atoms with Gasteiger partial charge in [0.1, 0.15) is 11.8 Å². The number of carbonyl (C=O) groups is 1. The summed E-state index contributed by atoms with van der Waals surface area (Å²) in [4.78, 5) is 9.57. The highest BCUT2D eigenvalue weighted by molar-refractivity contribution is 5.72. The van der Waals surface area contributed by atoms with Crippen LogP contribution in [0.25, 0.3) is 0 Å². The van der Waals surface area contributed by atoms with Crippen LogP contribution in [0.3, 0.4) is 0 Å². The molecule has 1 atom stereocenters. The smallest absolute Gasteiger partial charge is 0.320 e. The maximum Gasteiger partial charge on any atom is 0.320 e. The lowest BCUT2D eigenvalue weighted by Gasteiger charge is -1.95. The van der Waals surface area contributed by atoms with Gasteiger partial charge in [-0.1, -0.05) is 0 Å². The summed E-state index contributed by atoms with van der Waals surface area (Å²) in [6.45, 7) is 1.42. The number of carboxylic acid groups (broad SMARTS) is 1. The van der Waals surface area contributed by atoms with Crippen LogP contribution in [0.2, 0.25) is 0 Å². The lowest BCUT2D eigenvalue weighted by atomic mass is 10.3. The predicted octanol–water partition coefficient (Wildman–Crippen LogP) is 0.222. The molecule has 0 amide bonds. The highest BCUT2D eigenvalue weighted by Crippen LogP contribution is 2.27. The predicted molar refractivity (Wildman–Crippen MR) is 52.7 cm³/mol. The average molecular weight is 215 g/mol. The molecule has 0 aromatic heterocycles. The molecule has 0 aliphatic rings. The first-order valence-electron chi connectivity index (χ1n) is 4.04. The quantitative estimate of drug-likeness (QED) is 0.337. The van der Waals surface area contributed by atoms with Crippen LogP contribution in [-0.2, 0) is 4.79 Å². The minimum atomic E-state index is -0.963. The summed E-state index contributed by atoms with van der Waals surface area (Å²) in [6, 6.07) is 2.83. The van der Waals surface area contributed by atoms with Crippen LogP contribution in [0.15, 0.2) is 18.2 Å². The third kappa shape index (κ3) is 5.37. The Bertz CT molecular complexity index is 337. The van der Waals surface area contributed by atoms with Crippen LogP contribution in [0.5, 0.6) is 17.2 Å². The molecule has 0 aliphatic carbocycles. The highest BCUT2D eigenvalue weighted by Gasteiger charge is 1.99. The van der Waals surface area contributed by atoms with E-state index in [1.165, 1.54) is 19.1 Å². The van der Waals surface area contributed by atoms with Crippen LogP contribution >= 0.6 is 0 Å². The molecule has 0 saturated heterocycles. The molecule has 0 spiro atoms. The first kappa shape index (κ1) is 13.1. The van der Waals surface area contributed by atoms with Crippen molar-refractivity contribution in [1.29, 1.82) is 0 Å². The summed E-state index contributed by atoms with van der Waals surface area (Å²) < 4.78 is 0. The molecule has 6 heteroatoms. The topological polar surface area (TPSA) is 124 Å². The molecule has 0 fully saturated rings. The van der Waals surface area contributed by atoms with Crippen molar-refractivity contribution in [2.24, 2.45) is 5.73 Å². The Hall–Kier alpha value is -1.95. The summed E-state index contributed by atoms with van der Waals surface area (Å²) in [5, 5.41) is 33.9. The van der Waals surface area contributed by atoms with E-state index in [0.717, 1.165) is 6.07 Å². The number of rotatable bonds is 1. The lowest BCUT2D eigenvalue weighted by Crippen LogP contribution is -2.25. The fourth-order valence-electron chi connectivity index (χ4n) is 0.512. The van der Waals surface area contributed by atoms with Gasteiger partial charge >= 0.3 is 5.97 Å². The van der Waals surface area contributed by atoms with E-state index in [1.807, 2.05) is 0 Å². The van der Waals surface area contributed by atoms with Gasteiger partial charge in [0.15, 0.2) is 11.5 Å². The number of aliphatic carboxylic acids is 1. The zero-order valence-corrected chi connectivity index (χ0v) is 8.08. The Labute approximate surface area is 86.2 Å². The second-order valence-electron chi connectivity index (χ2n) is 2.80. The normalized spacial score (nSPS) is 11.1. The number of nitrogens with two attached hydrogens (primary N) is 1. The fraction of sp³-hybridized carbons (Fsp3) is 0.222. The van der Waals surface area contributed by atoms with Gasteiger partial charge < -0.3 is 26.2 Å². The van der Waals surface area contributed by atoms with E-state index in [2.05, 4.69) is 0 Å². The SMILES string of the molecule is C[C@H](N)C(=O)O.Oc1ccc(O)c(O)c1. The van der Waals surface area contributed by atoms with Gasteiger partial charge in [-0.3, -0.25) is 4.79 Å². The highest BCUT2D eigenvalue weighted by atomic mass is 16.4. The van der Waals surface area contributed by atoms with Gasteiger partial charge in [0.25, 0.3) is 0 Å². The van der Waals surface area contributed by atoms with Crippen LogP contribution in [-0.4, -0.2) is 32.4 Å². The Balaban J connectivity index is 0.000000288. The molecule has 1 aromatic rings. The Morgan fingerprint density at radius 2 is 1.73 bits per heavy atom. The van der Waals surface area contributed by atoms with Crippen molar-refractivity contribution in [3.8, 4) is 17.2 Å². The summed E-state index contributed by atoms with van der Waals surface area (Å²) in [7, 11) is 0. The van der Waals surface area contributed by atoms with E-state index in [-0.39, 0.29) is 17.2 Å². The van der Waals surface area contributed by atoms with Crippen molar-refractivity contribution in [3.63, 3.8) is 0 Å². The van der Waals surface area contributed by atoms with Crippen molar-refractivity contribution in [1.82, 2.24) is 0 Å². The molecule has 1 rings (SSSR count). The van der Waals surface area contributed by atoms with E-state index in [9.17, 15) is 4.79 Å². The van der Waals surface area contributed by atoms with Gasteiger partial charge in [-0.25, -0.2) is 0 Å². The third-order valence-corrected chi connectivity index (χ3v) is 1.35. The minimum Gasteiger partial charge on any atom is -0.508 e. The third-order valence-electron chi connectivity index (χ3n) is 1.35. The number of aromatic hydroxyl groups is 3. The number of phenolic OH excluding ortho intramolecular Hbond substituents is 3. The van der Waals surface area contributed by atoms with E-state index in [4.69, 9.17) is 26.2 Å². The number of carboxylic acids is 1. The van der Waals surface area contributed by atoms with E-state index in [1.54, 1.807) is 0 Å².